The lowest BCUT2D eigenvalue weighted by molar-refractivity contribution is -0.302. The molecule has 0 radical (unpaired) electrons. The van der Waals surface area contributed by atoms with Gasteiger partial charge < -0.3 is 29.2 Å². The standard InChI is InChI=1S/C23H34O8/c1-22(2,3)20(26)29-13-15-16(24)17(28-12-14-10-8-7-9-11-14)18(19(25)30-15)31-21(27)23(4,5)6/h7-11,15-19,24-25H,12-13H2,1-6H3/t15-,16-,17+,18-,19?/m1/s1/i1D,4D. The molecule has 0 aliphatic carbocycles. The summed E-state index contributed by atoms with van der Waals surface area (Å²) in [6.07, 6.45) is -6.76. The van der Waals surface area contributed by atoms with Gasteiger partial charge >= 0.3 is 11.9 Å². The third kappa shape index (κ3) is 7.00. The van der Waals surface area contributed by atoms with E-state index >= 15 is 0 Å². The first-order chi connectivity index (χ1) is 15.4. The molecule has 1 aromatic carbocycles. The molecular weight excluding hydrogens is 404 g/mol. The number of rotatable bonds is 6. The third-order valence-corrected chi connectivity index (χ3v) is 4.65. The monoisotopic (exact) mass is 440 g/mol. The number of aliphatic hydroxyl groups excluding tert-OH is 2. The average Bonchev–Trinajstić information content (AvgIpc) is 2.80. The van der Waals surface area contributed by atoms with Crippen LogP contribution in [0.25, 0.3) is 0 Å². The smallest absolute Gasteiger partial charge is 0.311 e. The number of carbonyl (C=O) groups excluding carboxylic acids is 2. The summed E-state index contributed by atoms with van der Waals surface area (Å²) in [4.78, 5) is 24.8. The molecule has 8 nitrogen and oxygen atoms in total. The molecule has 1 saturated heterocycles. The number of ether oxygens (including phenoxy) is 4. The quantitative estimate of drug-likeness (QED) is 0.648. The van der Waals surface area contributed by atoms with Crippen molar-refractivity contribution >= 4 is 11.9 Å². The second kappa shape index (κ2) is 10.1. The summed E-state index contributed by atoms with van der Waals surface area (Å²) in [5, 5.41) is 21.5. The second-order valence-corrected chi connectivity index (χ2v) is 9.05. The van der Waals surface area contributed by atoms with Gasteiger partial charge in [0.15, 0.2) is 12.4 Å². The summed E-state index contributed by atoms with van der Waals surface area (Å²) < 4.78 is 36.9. The van der Waals surface area contributed by atoms with E-state index in [4.69, 9.17) is 21.7 Å². The minimum absolute atomic E-state index is 0.0591. The van der Waals surface area contributed by atoms with E-state index in [-0.39, 0.29) is 27.0 Å². The zero-order valence-electron chi connectivity index (χ0n) is 20.4. The SMILES string of the molecule is [2H]CC(C)(C)C(=O)OC[C@H]1OC(O)[C@H](OC(=O)C(C)(C)C[2H])[C@@H](OCc2ccccc2)[C@@H]1O. The van der Waals surface area contributed by atoms with Gasteiger partial charge in [0, 0.05) is 2.74 Å². The lowest BCUT2D eigenvalue weighted by Crippen LogP contribution is -2.61. The van der Waals surface area contributed by atoms with Gasteiger partial charge in [0.25, 0.3) is 0 Å². The summed E-state index contributed by atoms with van der Waals surface area (Å²) in [5.41, 5.74) is -1.38. The summed E-state index contributed by atoms with van der Waals surface area (Å²) in [6, 6.07) is 9.10. The predicted octanol–water partition coefficient (Wildman–Crippen LogP) is 2.20. The van der Waals surface area contributed by atoms with Crippen LogP contribution < -0.4 is 0 Å². The topological polar surface area (TPSA) is 112 Å². The molecule has 1 aliphatic heterocycles. The molecule has 2 N–H and O–H groups in total. The maximum absolute atomic E-state index is 12.5. The lowest BCUT2D eigenvalue weighted by atomic mass is 9.95. The summed E-state index contributed by atoms with van der Waals surface area (Å²) in [7, 11) is 0. The highest BCUT2D eigenvalue weighted by Crippen LogP contribution is 2.29. The first kappa shape index (κ1) is 22.2. The summed E-state index contributed by atoms with van der Waals surface area (Å²) >= 11 is 0. The van der Waals surface area contributed by atoms with Crippen molar-refractivity contribution in [3.63, 3.8) is 0 Å². The first-order valence-electron chi connectivity index (χ1n) is 11.5. The zero-order chi connectivity index (χ0) is 24.8. The van der Waals surface area contributed by atoms with Crippen LogP contribution in [0.5, 0.6) is 0 Å². The van der Waals surface area contributed by atoms with Gasteiger partial charge in [0.2, 0.25) is 0 Å². The highest BCUT2D eigenvalue weighted by atomic mass is 16.7. The average molecular weight is 441 g/mol. The summed E-state index contributed by atoms with van der Waals surface area (Å²) in [6.45, 7) is 5.44. The molecule has 5 atom stereocenters. The fraction of sp³-hybridized carbons (Fsp3) is 0.652. The fourth-order valence-electron chi connectivity index (χ4n) is 2.76. The molecule has 1 fully saturated rings. The molecule has 0 amide bonds. The Balaban J connectivity index is 2.18. The van der Waals surface area contributed by atoms with Gasteiger partial charge in [0.1, 0.15) is 24.9 Å². The molecule has 2 rings (SSSR count). The van der Waals surface area contributed by atoms with Gasteiger partial charge in [-0.3, -0.25) is 9.59 Å². The Labute approximate surface area is 186 Å². The van der Waals surface area contributed by atoms with Gasteiger partial charge in [-0.05, 0) is 47.1 Å². The molecular formula is C23H34O8. The molecule has 1 unspecified atom stereocenters. The van der Waals surface area contributed by atoms with Crippen LogP contribution in [0.1, 0.15) is 49.8 Å². The Morgan fingerprint density at radius 1 is 1.03 bits per heavy atom. The zero-order valence-corrected chi connectivity index (χ0v) is 18.4. The van der Waals surface area contributed by atoms with E-state index in [0.29, 0.717) is 0 Å². The molecule has 0 saturated carbocycles. The van der Waals surface area contributed by atoms with Crippen LogP contribution in [0.3, 0.4) is 0 Å². The number of aliphatic hydroxyl groups is 2. The van der Waals surface area contributed by atoms with Crippen LogP contribution in [0.2, 0.25) is 0 Å². The molecule has 1 aromatic rings. The lowest BCUT2D eigenvalue weighted by Gasteiger charge is -2.42. The van der Waals surface area contributed by atoms with Gasteiger partial charge in [-0.15, -0.1) is 0 Å². The van der Waals surface area contributed by atoms with Crippen molar-refractivity contribution in [3.05, 3.63) is 35.9 Å². The highest BCUT2D eigenvalue weighted by Gasteiger charge is 2.49. The van der Waals surface area contributed by atoms with Gasteiger partial charge in [-0.2, -0.15) is 0 Å². The van der Waals surface area contributed by atoms with E-state index in [1.165, 1.54) is 13.8 Å². The van der Waals surface area contributed by atoms with Gasteiger partial charge in [-0.25, -0.2) is 0 Å². The highest BCUT2D eigenvalue weighted by molar-refractivity contribution is 5.76. The number of carbonyl (C=O) groups is 2. The van der Waals surface area contributed by atoms with Crippen LogP contribution in [-0.2, 0) is 35.1 Å². The number of benzene rings is 1. The molecule has 0 aromatic heterocycles. The van der Waals surface area contributed by atoms with Crippen molar-refractivity contribution < 1.29 is 41.5 Å². The van der Waals surface area contributed by atoms with Crippen molar-refractivity contribution in [2.24, 2.45) is 10.8 Å². The second-order valence-electron chi connectivity index (χ2n) is 9.05. The largest absolute Gasteiger partial charge is 0.462 e. The van der Waals surface area contributed by atoms with Crippen LogP contribution in [0.15, 0.2) is 30.3 Å². The Morgan fingerprint density at radius 2 is 1.65 bits per heavy atom. The van der Waals surface area contributed by atoms with E-state index in [1.54, 1.807) is 13.8 Å². The molecule has 174 valence electrons. The molecule has 0 bridgehead atoms. The van der Waals surface area contributed by atoms with Crippen molar-refractivity contribution in [1.82, 2.24) is 0 Å². The Kier molecular flexibility index (Phi) is 7.22. The predicted molar refractivity (Wildman–Crippen MR) is 112 cm³/mol. The minimum atomic E-state index is -1.66. The molecule has 1 aliphatic rings. The number of hydrogen-bond acceptors (Lipinski definition) is 8. The van der Waals surface area contributed by atoms with E-state index in [2.05, 4.69) is 0 Å². The van der Waals surface area contributed by atoms with Crippen LogP contribution in [-0.4, -0.2) is 59.5 Å². The fourth-order valence-corrected chi connectivity index (χ4v) is 2.76. The normalized spacial score (nSPS) is 27.7. The Hall–Kier alpha value is -2.00. The molecule has 1 heterocycles. The van der Waals surface area contributed by atoms with Crippen molar-refractivity contribution in [2.45, 2.75) is 78.8 Å². The van der Waals surface area contributed by atoms with Gasteiger partial charge in [0.05, 0.1) is 17.4 Å². The van der Waals surface area contributed by atoms with E-state index in [0.717, 1.165) is 5.56 Å². The van der Waals surface area contributed by atoms with Gasteiger partial charge in [-0.1, -0.05) is 30.3 Å². The minimum Gasteiger partial charge on any atom is -0.462 e. The third-order valence-electron chi connectivity index (χ3n) is 4.65. The molecule has 0 spiro atoms. The van der Waals surface area contributed by atoms with Crippen LogP contribution in [0.4, 0.5) is 0 Å². The molecule has 31 heavy (non-hydrogen) atoms. The van der Waals surface area contributed by atoms with Crippen molar-refractivity contribution in [1.29, 1.82) is 0 Å². The van der Waals surface area contributed by atoms with Crippen LogP contribution in [0, 0.1) is 10.8 Å². The Morgan fingerprint density at radius 3 is 2.26 bits per heavy atom. The van der Waals surface area contributed by atoms with E-state index in [1.807, 2.05) is 30.3 Å². The van der Waals surface area contributed by atoms with Crippen LogP contribution >= 0.6 is 0 Å². The number of hydrogen-bond donors (Lipinski definition) is 2. The maximum Gasteiger partial charge on any atom is 0.311 e. The summed E-state index contributed by atoms with van der Waals surface area (Å²) in [5.74, 6) is -1.39. The Bertz CT molecular complexity index is 786. The van der Waals surface area contributed by atoms with E-state index < -0.39 is 53.5 Å². The van der Waals surface area contributed by atoms with E-state index in [9.17, 15) is 19.8 Å². The first-order valence-corrected chi connectivity index (χ1v) is 10.1. The number of esters is 2. The maximum atomic E-state index is 12.5. The van der Waals surface area contributed by atoms with Crippen molar-refractivity contribution in [2.75, 3.05) is 6.61 Å². The van der Waals surface area contributed by atoms with Crippen molar-refractivity contribution in [3.8, 4) is 0 Å². The molecule has 8 heteroatoms.